The van der Waals surface area contributed by atoms with Crippen molar-refractivity contribution in [3.8, 4) is 0 Å². The first-order chi connectivity index (χ1) is 16.1. The van der Waals surface area contributed by atoms with Gasteiger partial charge in [-0.25, -0.2) is 17.6 Å². The molecule has 0 fully saturated rings. The second kappa shape index (κ2) is 10.5. The molecule has 178 valence electrons. The molecule has 34 heavy (non-hydrogen) atoms. The van der Waals surface area contributed by atoms with Gasteiger partial charge in [0.25, 0.3) is 15.9 Å². The summed E-state index contributed by atoms with van der Waals surface area (Å²) in [6.45, 7) is 1.56. The average molecular weight is 485 g/mol. The van der Waals surface area contributed by atoms with Crippen LogP contribution in [0.2, 0.25) is 0 Å². The Kier molecular flexibility index (Phi) is 7.68. The number of carbonyl (C=O) groups excluding carboxylic acids is 2. The molecule has 3 aromatic rings. The maximum atomic E-state index is 13.3. The lowest BCUT2D eigenvalue weighted by Gasteiger charge is -2.20. The number of hydrogen-bond donors (Lipinski definition) is 0. The highest BCUT2D eigenvalue weighted by molar-refractivity contribution is 7.92. The summed E-state index contributed by atoms with van der Waals surface area (Å²) in [5, 5.41) is 0. The fraction of sp³-hybridized carbons (Fsp3) is 0.200. The minimum absolute atomic E-state index is 0.157. The summed E-state index contributed by atoms with van der Waals surface area (Å²) in [5.41, 5.74) is 2.10. The smallest absolute Gasteiger partial charge is 0.338 e. The number of likely N-dealkylation sites (N-methyl/N-ethyl adjacent to an activating group) is 1. The summed E-state index contributed by atoms with van der Waals surface area (Å²) in [6.07, 6.45) is 0. The van der Waals surface area contributed by atoms with Gasteiger partial charge in [-0.1, -0.05) is 29.8 Å². The van der Waals surface area contributed by atoms with Gasteiger partial charge in [0.05, 0.1) is 16.1 Å². The van der Waals surface area contributed by atoms with Gasteiger partial charge in [0.2, 0.25) is 0 Å². The fourth-order valence-electron chi connectivity index (χ4n) is 3.13. The Labute approximate surface area is 198 Å². The molecule has 0 unspecified atom stereocenters. The topological polar surface area (TPSA) is 84.0 Å². The Balaban J connectivity index is 1.59. The third-order valence-electron chi connectivity index (χ3n) is 5.21. The number of sulfonamides is 1. The third kappa shape index (κ3) is 5.99. The first kappa shape index (κ1) is 24.9. The van der Waals surface area contributed by atoms with E-state index in [4.69, 9.17) is 4.74 Å². The molecule has 0 spiro atoms. The minimum Gasteiger partial charge on any atom is -0.452 e. The molecule has 7 nitrogen and oxygen atoms in total. The molecule has 0 aliphatic rings. The van der Waals surface area contributed by atoms with Crippen molar-refractivity contribution in [2.75, 3.05) is 25.0 Å². The number of esters is 1. The Bertz CT molecular complexity index is 1280. The highest BCUT2D eigenvalue weighted by Crippen LogP contribution is 2.23. The van der Waals surface area contributed by atoms with Crippen LogP contribution in [0.3, 0.4) is 0 Å². The molecule has 0 N–H and O–H groups in total. The van der Waals surface area contributed by atoms with E-state index in [1.165, 1.54) is 67.5 Å². The van der Waals surface area contributed by atoms with Crippen LogP contribution in [0, 0.1) is 12.7 Å². The number of rotatable bonds is 8. The summed E-state index contributed by atoms with van der Waals surface area (Å²) >= 11 is 0. The average Bonchev–Trinajstić information content (AvgIpc) is 2.82. The van der Waals surface area contributed by atoms with Crippen molar-refractivity contribution in [1.82, 2.24) is 4.90 Å². The van der Waals surface area contributed by atoms with E-state index in [1.807, 2.05) is 6.92 Å². The summed E-state index contributed by atoms with van der Waals surface area (Å²) in [7, 11) is -0.804. The van der Waals surface area contributed by atoms with Crippen molar-refractivity contribution in [3.63, 3.8) is 0 Å². The zero-order valence-electron chi connectivity index (χ0n) is 19.1. The Hall–Kier alpha value is -3.72. The van der Waals surface area contributed by atoms with Gasteiger partial charge in [0.1, 0.15) is 5.82 Å². The number of benzene rings is 3. The van der Waals surface area contributed by atoms with Gasteiger partial charge in [0, 0.05) is 20.6 Å². The maximum absolute atomic E-state index is 13.3. The maximum Gasteiger partial charge on any atom is 0.338 e. The number of ether oxygens (including phenoxy) is 1. The number of halogens is 1. The number of amides is 1. The molecule has 0 atom stereocenters. The standard InChI is InChI=1S/C25H25FN2O5S/c1-18-7-13-23(14-8-18)34(31,32)28(3)22-11-9-20(10-12-22)25(30)33-17-24(29)27(2)16-19-5-4-6-21(26)15-19/h4-15H,16-17H2,1-3H3. The van der Waals surface area contributed by atoms with Crippen molar-refractivity contribution in [2.24, 2.45) is 0 Å². The van der Waals surface area contributed by atoms with Crippen LogP contribution in [0.1, 0.15) is 21.5 Å². The zero-order valence-corrected chi connectivity index (χ0v) is 19.9. The number of hydrogen-bond acceptors (Lipinski definition) is 5. The molecule has 0 aliphatic carbocycles. The Morgan fingerprint density at radius 2 is 1.59 bits per heavy atom. The highest BCUT2D eigenvalue weighted by Gasteiger charge is 2.21. The van der Waals surface area contributed by atoms with E-state index >= 15 is 0 Å². The molecule has 0 saturated carbocycles. The molecule has 3 rings (SSSR count). The van der Waals surface area contributed by atoms with Crippen LogP contribution in [0.25, 0.3) is 0 Å². The quantitative estimate of drug-likeness (QED) is 0.455. The van der Waals surface area contributed by atoms with Crippen LogP contribution in [-0.4, -0.2) is 45.9 Å². The molecule has 0 heterocycles. The molecular weight excluding hydrogens is 459 g/mol. The van der Waals surface area contributed by atoms with Gasteiger partial charge >= 0.3 is 5.97 Å². The number of nitrogens with zero attached hydrogens (tertiary/aromatic N) is 2. The first-order valence-electron chi connectivity index (χ1n) is 10.4. The fourth-order valence-corrected chi connectivity index (χ4v) is 4.33. The summed E-state index contributed by atoms with van der Waals surface area (Å²) < 4.78 is 45.2. The molecular formula is C25H25FN2O5S. The zero-order chi connectivity index (χ0) is 24.9. The molecule has 0 aromatic heterocycles. The van der Waals surface area contributed by atoms with Gasteiger partial charge in [-0.2, -0.15) is 0 Å². The van der Waals surface area contributed by atoms with Crippen molar-refractivity contribution in [3.05, 3.63) is 95.3 Å². The lowest BCUT2D eigenvalue weighted by atomic mass is 10.2. The van der Waals surface area contributed by atoms with E-state index in [0.29, 0.717) is 11.3 Å². The third-order valence-corrected chi connectivity index (χ3v) is 7.01. The van der Waals surface area contributed by atoms with E-state index in [0.717, 1.165) is 9.87 Å². The lowest BCUT2D eigenvalue weighted by molar-refractivity contribution is -0.133. The van der Waals surface area contributed by atoms with Crippen molar-refractivity contribution >= 4 is 27.6 Å². The molecule has 0 aliphatic heterocycles. The normalized spacial score (nSPS) is 11.1. The molecule has 0 saturated heterocycles. The van der Waals surface area contributed by atoms with Crippen molar-refractivity contribution in [2.45, 2.75) is 18.4 Å². The summed E-state index contributed by atoms with van der Waals surface area (Å²) in [5.74, 6) is -1.56. The number of aryl methyl sites for hydroxylation is 1. The van der Waals surface area contributed by atoms with Crippen molar-refractivity contribution in [1.29, 1.82) is 0 Å². The predicted molar refractivity (Wildman–Crippen MR) is 126 cm³/mol. The van der Waals surface area contributed by atoms with E-state index in [2.05, 4.69) is 0 Å². The van der Waals surface area contributed by atoms with Crippen LogP contribution >= 0.6 is 0 Å². The van der Waals surface area contributed by atoms with Gasteiger partial charge in [-0.3, -0.25) is 9.10 Å². The first-order valence-corrected chi connectivity index (χ1v) is 11.8. The van der Waals surface area contributed by atoms with Crippen LogP contribution in [-0.2, 0) is 26.1 Å². The molecule has 1 amide bonds. The second-order valence-corrected chi connectivity index (χ2v) is 9.76. The van der Waals surface area contributed by atoms with Gasteiger partial charge in [-0.05, 0) is 61.0 Å². The monoisotopic (exact) mass is 484 g/mol. The van der Waals surface area contributed by atoms with Crippen LogP contribution in [0.15, 0.2) is 77.7 Å². The van der Waals surface area contributed by atoms with Gasteiger partial charge < -0.3 is 9.64 Å². The Morgan fingerprint density at radius 3 is 2.21 bits per heavy atom. The highest BCUT2D eigenvalue weighted by atomic mass is 32.2. The SMILES string of the molecule is Cc1ccc(S(=O)(=O)N(C)c2ccc(C(=O)OCC(=O)N(C)Cc3cccc(F)c3)cc2)cc1. The van der Waals surface area contributed by atoms with E-state index in [9.17, 15) is 22.4 Å². The largest absolute Gasteiger partial charge is 0.452 e. The number of carbonyl (C=O) groups is 2. The van der Waals surface area contributed by atoms with E-state index in [-0.39, 0.29) is 17.0 Å². The van der Waals surface area contributed by atoms with Gasteiger partial charge in [0.15, 0.2) is 6.61 Å². The second-order valence-electron chi connectivity index (χ2n) is 7.79. The van der Waals surface area contributed by atoms with Crippen molar-refractivity contribution < 1.29 is 27.1 Å². The van der Waals surface area contributed by atoms with E-state index < -0.39 is 34.3 Å². The molecule has 0 radical (unpaired) electrons. The molecule has 9 heteroatoms. The number of anilines is 1. The lowest BCUT2D eigenvalue weighted by Crippen LogP contribution is -2.30. The Morgan fingerprint density at radius 1 is 0.941 bits per heavy atom. The summed E-state index contributed by atoms with van der Waals surface area (Å²) in [4.78, 5) is 26.1. The van der Waals surface area contributed by atoms with E-state index in [1.54, 1.807) is 24.3 Å². The summed E-state index contributed by atoms with van der Waals surface area (Å²) in [6, 6.07) is 18.2. The minimum atomic E-state index is -3.76. The van der Waals surface area contributed by atoms with Gasteiger partial charge in [-0.15, -0.1) is 0 Å². The van der Waals surface area contributed by atoms with Crippen LogP contribution in [0.5, 0.6) is 0 Å². The molecule has 0 bridgehead atoms. The van der Waals surface area contributed by atoms with Crippen LogP contribution in [0.4, 0.5) is 10.1 Å². The van der Waals surface area contributed by atoms with Crippen LogP contribution < -0.4 is 4.31 Å². The predicted octanol–water partition coefficient (Wildman–Crippen LogP) is 3.77. The molecule has 3 aromatic carbocycles.